The van der Waals surface area contributed by atoms with E-state index in [0.717, 1.165) is 18.4 Å². The van der Waals surface area contributed by atoms with Crippen molar-refractivity contribution in [3.63, 3.8) is 0 Å². The van der Waals surface area contributed by atoms with Crippen LogP contribution < -0.4 is 0 Å². The number of rotatable bonds is 5. The largest absolute Gasteiger partial charge is 0.249 e. The molecule has 1 N–H and O–H groups in total. The Labute approximate surface area is 110 Å². The van der Waals surface area contributed by atoms with E-state index < -0.39 is 5.79 Å². The summed E-state index contributed by atoms with van der Waals surface area (Å²) in [7, 11) is 0. The van der Waals surface area contributed by atoms with Gasteiger partial charge in [0.05, 0.1) is 0 Å². The fourth-order valence-corrected chi connectivity index (χ4v) is 2.35. The lowest BCUT2D eigenvalue weighted by atomic mass is 9.71. The fourth-order valence-electron chi connectivity index (χ4n) is 2.35. The average molecular weight is 258 g/mol. The average Bonchev–Trinajstić information content (AvgIpc) is 2.28. The highest BCUT2D eigenvalue weighted by atomic mass is 17.3. The van der Waals surface area contributed by atoms with Gasteiger partial charge in [0.25, 0.3) is 0 Å². The third-order valence-electron chi connectivity index (χ3n) is 3.65. The lowest BCUT2D eigenvalue weighted by molar-refractivity contribution is -0.505. The molecule has 0 aromatic heterocycles. The molecule has 1 saturated carbocycles. The second-order valence-corrected chi connectivity index (χ2v) is 6.44. The Morgan fingerprint density at radius 1 is 1.33 bits per heavy atom. The Morgan fingerprint density at radius 3 is 2.28 bits per heavy atom. The molecule has 18 heavy (non-hydrogen) atoms. The van der Waals surface area contributed by atoms with Crippen molar-refractivity contribution in [3.05, 3.63) is 12.2 Å². The molecule has 0 bridgehead atoms. The van der Waals surface area contributed by atoms with E-state index in [2.05, 4.69) is 32.2 Å². The molecular formula is C14H26O4. The minimum Gasteiger partial charge on any atom is -0.249 e. The minimum absolute atomic E-state index is 0.278. The van der Waals surface area contributed by atoms with E-state index in [4.69, 9.17) is 15.0 Å². The summed E-state index contributed by atoms with van der Waals surface area (Å²) in [6.07, 6.45) is 3.20. The predicted molar refractivity (Wildman–Crippen MR) is 69.7 cm³/mol. The first-order chi connectivity index (χ1) is 8.29. The molecule has 0 aromatic rings. The molecule has 4 nitrogen and oxygen atoms in total. The zero-order valence-corrected chi connectivity index (χ0v) is 12.0. The highest BCUT2D eigenvalue weighted by Crippen LogP contribution is 2.43. The van der Waals surface area contributed by atoms with E-state index >= 15 is 0 Å². The zero-order chi connectivity index (χ0) is 13.8. The lowest BCUT2D eigenvalue weighted by Crippen LogP contribution is -2.41. The highest BCUT2D eigenvalue weighted by molar-refractivity contribution is 4.87. The van der Waals surface area contributed by atoms with Crippen molar-refractivity contribution in [1.82, 2.24) is 0 Å². The molecule has 0 aliphatic heterocycles. The smallest absolute Gasteiger partial charge is 0.233 e. The summed E-state index contributed by atoms with van der Waals surface area (Å²) in [6, 6.07) is 0. The zero-order valence-electron chi connectivity index (χ0n) is 12.0. The molecule has 0 radical (unpaired) electrons. The van der Waals surface area contributed by atoms with E-state index in [1.165, 1.54) is 0 Å². The third kappa shape index (κ3) is 4.35. The monoisotopic (exact) mass is 258 g/mol. The lowest BCUT2D eigenvalue weighted by Gasteiger charge is -2.40. The van der Waals surface area contributed by atoms with Crippen LogP contribution in [0.1, 0.15) is 53.4 Å². The Balaban J connectivity index is 2.47. The normalized spacial score (nSPS) is 29.3. The van der Waals surface area contributed by atoms with E-state index in [-0.39, 0.29) is 5.41 Å². The van der Waals surface area contributed by atoms with Gasteiger partial charge in [-0.15, -0.1) is 0 Å². The maximum atomic E-state index is 9.07. The van der Waals surface area contributed by atoms with Gasteiger partial charge in [-0.1, -0.05) is 32.9 Å². The molecule has 0 aromatic carbocycles. The van der Waals surface area contributed by atoms with Crippen molar-refractivity contribution in [1.29, 1.82) is 0 Å². The number of hydrogen-bond acceptors (Lipinski definition) is 4. The summed E-state index contributed by atoms with van der Waals surface area (Å²) in [5.41, 5.74) is 1.15. The standard InChI is InChI=1S/C14H26O4/c1-11(2)10-16-18-14(17-15)8-6-12(7-9-14)13(3,4)5/h12,15H,1,6-10H2,2-5H3. The summed E-state index contributed by atoms with van der Waals surface area (Å²) >= 11 is 0. The third-order valence-corrected chi connectivity index (χ3v) is 3.65. The van der Waals surface area contributed by atoms with Crippen molar-refractivity contribution >= 4 is 0 Å². The van der Waals surface area contributed by atoms with Gasteiger partial charge in [0.1, 0.15) is 6.61 Å². The van der Waals surface area contributed by atoms with Gasteiger partial charge in [-0.3, -0.25) is 0 Å². The Morgan fingerprint density at radius 2 is 1.89 bits per heavy atom. The molecule has 106 valence electrons. The molecule has 0 spiro atoms. The van der Waals surface area contributed by atoms with Crippen molar-refractivity contribution in [2.75, 3.05) is 6.61 Å². The van der Waals surface area contributed by atoms with E-state index in [1.807, 2.05) is 6.92 Å². The molecule has 1 fully saturated rings. The van der Waals surface area contributed by atoms with E-state index in [9.17, 15) is 0 Å². The maximum absolute atomic E-state index is 9.07. The summed E-state index contributed by atoms with van der Waals surface area (Å²) < 4.78 is 0. The van der Waals surface area contributed by atoms with Gasteiger partial charge in [-0.2, -0.15) is 4.89 Å². The van der Waals surface area contributed by atoms with Crippen LogP contribution in [0, 0.1) is 11.3 Å². The predicted octanol–water partition coefficient (Wildman–Crippen LogP) is 3.93. The van der Waals surface area contributed by atoms with Crippen molar-refractivity contribution in [2.45, 2.75) is 59.2 Å². The van der Waals surface area contributed by atoms with Crippen LogP contribution in [0.4, 0.5) is 0 Å². The maximum Gasteiger partial charge on any atom is 0.233 e. The topological polar surface area (TPSA) is 47.9 Å². The fraction of sp³-hybridized carbons (Fsp3) is 0.857. The van der Waals surface area contributed by atoms with Crippen LogP contribution in [0.5, 0.6) is 0 Å². The highest BCUT2D eigenvalue weighted by Gasteiger charge is 2.42. The Bertz CT molecular complexity index is 272. The van der Waals surface area contributed by atoms with Gasteiger partial charge in [0.15, 0.2) is 0 Å². The number of hydrogen-bond donors (Lipinski definition) is 1. The van der Waals surface area contributed by atoms with Crippen LogP contribution in [-0.2, 0) is 14.7 Å². The summed E-state index contributed by atoms with van der Waals surface area (Å²) in [4.78, 5) is 14.9. The van der Waals surface area contributed by atoms with Gasteiger partial charge in [0.2, 0.25) is 5.79 Å². The summed E-state index contributed by atoms with van der Waals surface area (Å²) in [5, 5.41) is 9.07. The van der Waals surface area contributed by atoms with Crippen molar-refractivity contribution in [2.24, 2.45) is 11.3 Å². The molecule has 1 aliphatic rings. The van der Waals surface area contributed by atoms with Crippen LogP contribution in [0.3, 0.4) is 0 Å². The SMILES string of the molecule is C=C(C)COOC1(OO)CCC(C(C)(C)C)CC1. The molecular weight excluding hydrogens is 232 g/mol. The van der Waals surface area contributed by atoms with E-state index in [1.54, 1.807) is 0 Å². The van der Waals surface area contributed by atoms with Gasteiger partial charge in [0, 0.05) is 12.8 Å². The minimum atomic E-state index is -1.00. The van der Waals surface area contributed by atoms with Gasteiger partial charge >= 0.3 is 0 Å². The molecule has 0 unspecified atom stereocenters. The van der Waals surface area contributed by atoms with Crippen LogP contribution in [0.25, 0.3) is 0 Å². The Kier molecular flexibility index (Phi) is 5.34. The molecule has 0 amide bonds. The Hall–Kier alpha value is -0.420. The van der Waals surface area contributed by atoms with Crippen LogP contribution in [0.2, 0.25) is 0 Å². The van der Waals surface area contributed by atoms with Crippen LogP contribution in [-0.4, -0.2) is 17.7 Å². The summed E-state index contributed by atoms with van der Waals surface area (Å²) in [5.74, 6) is -0.387. The molecule has 0 saturated heterocycles. The van der Waals surface area contributed by atoms with Gasteiger partial charge in [-0.25, -0.2) is 15.0 Å². The molecule has 1 rings (SSSR count). The van der Waals surface area contributed by atoms with Crippen molar-refractivity contribution in [3.8, 4) is 0 Å². The van der Waals surface area contributed by atoms with Gasteiger partial charge in [-0.05, 0) is 31.1 Å². The van der Waals surface area contributed by atoms with Gasteiger partial charge < -0.3 is 0 Å². The second kappa shape index (κ2) is 6.15. The quantitative estimate of drug-likeness (QED) is 0.351. The second-order valence-electron chi connectivity index (χ2n) is 6.44. The first kappa shape index (κ1) is 15.6. The van der Waals surface area contributed by atoms with Crippen LogP contribution >= 0.6 is 0 Å². The molecule has 1 aliphatic carbocycles. The first-order valence-corrected chi connectivity index (χ1v) is 6.57. The molecule has 4 heteroatoms. The summed E-state index contributed by atoms with van der Waals surface area (Å²) in [6.45, 7) is 12.6. The van der Waals surface area contributed by atoms with Crippen LogP contribution in [0.15, 0.2) is 12.2 Å². The molecule has 0 atom stereocenters. The van der Waals surface area contributed by atoms with E-state index in [0.29, 0.717) is 25.4 Å². The first-order valence-electron chi connectivity index (χ1n) is 6.57. The van der Waals surface area contributed by atoms with Crippen molar-refractivity contribution < 1.29 is 19.9 Å². The molecule has 0 heterocycles.